The molecule has 0 aliphatic heterocycles. The van der Waals surface area contributed by atoms with Gasteiger partial charge in [0.2, 0.25) is 0 Å². The van der Waals surface area contributed by atoms with Gasteiger partial charge in [0.1, 0.15) is 11.9 Å². The highest BCUT2D eigenvalue weighted by molar-refractivity contribution is 5.89. The van der Waals surface area contributed by atoms with Crippen molar-refractivity contribution in [2.75, 3.05) is 0 Å². The maximum Gasteiger partial charge on any atom is 0.149 e. The molecule has 0 spiro atoms. The number of allylic oxidation sites excluding steroid dienone is 1. The van der Waals surface area contributed by atoms with Gasteiger partial charge in [-0.05, 0) is 37.3 Å². The van der Waals surface area contributed by atoms with E-state index in [1.165, 1.54) is 0 Å². The number of H-pyrrole nitrogens is 1. The molecule has 96 valence electrons. The number of aromatic amines is 1. The van der Waals surface area contributed by atoms with E-state index in [0.29, 0.717) is 11.4 Å². The van der Waals surface area contributed by atoms with Crippen molar-refractivity contribution in [2.45, 2.75) is 6.92 Å². The molecule has 0 radical (unpaired) electrons. The van der Waals surface area contributed by atoms with Gasteiger partial charge in [-0.25, -0.2) is 4.98 Å². The lowest BCUT2D eigenvalue weighted by atomic mass is 10.2. The smallest absolute Gasteiger partial charge is 0.149 e. The van der Waals surface area contributed by atoms with Crippen LogP contribution in [0.4, 0.5) is 0 Å². The first-order valence-electron chi connectivity index (χ1n) is 6.27. The summed E-state index contributed by atoms with van der Waals surface area (Å²) in [6.45, 7) is 1.92. The lowest BCUT2D eigenvalue weighted by Gasteiger charge is -1.96. The Morgan fingerprint density at radius 1 is 1.15 bits per heavy atom. The zero-order valence-electron chi connectivity index (χ0n) is 11.0. The summed E-state index contributed by atoms with van der Waals surface area (Å²) >= 11 is 0. The minimum Gasteiger partial charge on any atom is -0.337 e. The number of pyridine rings is 1. The number of imidazole rings is 1. The Labute approximate surface area is 116 Å². The van der Waals surface area contributed by atoms with Crippen molar-refractivity contribution < 1.29 is 0 Å². The summed E-state index contributed by atoms with van der Waals surface area (Å²) in [4.78, 5) is 12.0. The summed E-state index contributed by atoms with van der Waals surface area (Å²) in [7, 11) is 0. The SMILES string of the molecule is Cc1cccc(C=C(C#N)c2nc3ccccc3[nH]2)n1. The average Bonchev–Trinajstić information content (AvgIpc) is 2.88. The van der Waals surface area contributed by atoms with Gasteiger partial charge in [0.05, 0.1) is 22.3 Å². The Morgan fingerprint density at radius 2 is 2.00 bits per heavy atom. The predicted octanol–water partition coefficient (Wildman–Crippen LogP) is 3.33. The lowest BCUT2D eigenvalue weighted by molar-refractivity contribution is 1.18. The van der Waals surface area contributed by atoms with Gasteiger partial charge in [-0.1, -0.05) is 18.2 Å². The van der Waals surface area contributed by atoms with Crippen LogP contribution >= 0.6 is 0 Å². The number of aryl methyl sites for hydroxylation is 1. The molecular weight excluding hydrogens is 248 g/mol. The Balaban J connectivity index is 2.07. The number of hydrogen-bond donors (Lipinski definition) is 1. The van der Waals surface area contributed by atoms with Crippen LogP contribution in [0.1, 0.15) is 17.2 Å². The summed E-state index contributed by atoms with van der Waals surface area (Å²) in [5.74, 6) is 0.567. The van der Waals surface area contributed by atoms with Gasteiger partial charge in [-0.15, -0.1) is 0 Å². The van der Waals surface area contributed by atoms with E-state index in [-0.39, 0.29) is 0 Å². The third kappa shape index (κ3) is 2.29. The van der Waals surface area contributed by atoms with Crippen LogP contribution in [-0.4, -0.2) is 15.0 Å². The fourth-order valence-corrected chi connectivity index (χ4v) is 2.03. The van der Waals surface area contributed by atoms with Gasteiger partial charge in [-0.2, -0.15) is 5.26 Å². The highest BCUT2D eigenvalue weighted by Gasteiger charge is 2.07. The largest absolute Gasteiger partial charge is 0.337 e. The first kappa shape index (κ1) is 12.1. The highest BCUT2D eigenvalue weighted by atomic mass is 14.9. The number of para-hydroxylation sites is 2. The number of nitrogens with zero attached hydrogens (tertiary/aromatic N) is 3. The molecule has 4 nitrogen and oxygen atoms in total. The molecule has 1 N–H and O–H groups in total. The summed E-state index contributed by atoms with van der Waals surface area (Å²) in [5, 5.41) is 9.33. The van der Waals surface area contributed by atoms with Gasteiger partial charge in [0, 0.05) is 5.69 Å². The second-order valence-electron chi connectivity index (χ2n) is 4.48. The molecule has 0 fully saturated rings. The molecule has 4 heteroatoms. The molecular formula is C16H12N4. The molecule has 20 heavy (non-hydrogen) atoms. The highest BCUT2D eigenvalue weighted by Crippen LogP contribution is 2.18. The molecule has 1 aromatic carbocycles. The molecule has 0 amide bonds. The number of benzene rings is 1. The normalized spacial score (nSPS) is 11.5. The summed E-state index contributed by atoms with van der Waals surface area (Å²) in [6.07, 6.45) is 1.74. The fourth-order valence-electron chi connectivity index (χ4n) is 2.03. The first-order valence-corrected chi connectivity index (χ1v) is 6.27. The molecule has 0 bridgehead atoms. The van der Waals surface area contributed by atoms with Crippen LogP contribution in [0.25, 0.3) is 22.7 Å². The van der Waals surface area contributed by atoms with Crippen molar-refractivity contribution in [2.24, 2.45) is 0 Å². The molecule has 0 aliphatic carbocycles. The van der Waals surface area contributed by atoms with Crippen molar-refractivity contribution in [3.8, 4) is 6.07 Å². The van der Waals surface area contributed by atoms with Gasteiger partial charge < -0.3 is 4.98 Å². The van der Waals surface area contributed by atoms with E-state index >= 15 is 0 Å². The van der Waals surface area contributed by atoms with Gasteiger partial charge in [0.15, 0.2) is 0 Å². The van der Waals surface area contributed by atoms with Gasteiger partial charge in [-0.3, -0.25) is 4.98 Å². The Kier molecular flexibility index (Phi) is 3.02. The van der Waals surface area contributed by atoms with Crippen LogP contribution < -0.4 is 0 Å². The number of nitriles is 1. The minimum absolute atomic E-state index is 0.472. The van der Waals surface area contributed by atoms with E-state index in [0.717, 1.165) is 22.4 Å². The van der Waals surface area contributed by atoms with Crippen LogP contribution in [0.2, 0.25) is 0 Å². The number of hydrogen-bond acceptors (Lipinski definition) is 3. The van der Waals surface area contributed by atoms with Crippen LogP contribution in [0.15, 0.2) is 42.5 Å². The maximum absolute atomic E-state index is 9.33. The van der Waals surface area contributed by atoms with Crippen molar-refractivity contribution in [3.05, 3.63) is 59.7 Å². The lowest BCUT2D eigenvalue weighted by Crippen LogP contribution is -1.88. The molecule has 0 saturated carbocycles. The molecule has 0 saturated heterocycles. The molecule has 0 aliphatic rings. The molecule has 3 rings (SSSR count). The second kappa shape index (κ2) is 4.98. The Hall–Kier alpha value is -2.93. The van der Waals surface area contributed by atoms with Crippen LogP contribution in [-0.2, 0) is 0 Å². The Bertz CT molecular complexity index is 804. The first-order chi connectivity index (χ1) is 9.76. The van der Waals surface area contributed by atoms with Crippen LogP contribution in [0.5, 0.6) is 0 Å². The number of rotatable bonds is 2. The standard InChI is InChI=1S/C16H12N4/c1-11-5-4-6-13(18-11)9-12(10-17)16-19-14-7-2-3-8-15(14)20-16/h2-9H,1H3,(H,19,20). The van der Waals surface area contributed by atoms with E-state index in [1.54, 1.807) is 6.08 Å². The fraction of sp³-hybridized carbons (Fsp3) is 0.0625. The van der Waals surface area contributed by atoms with Crippen LogP contribution in [0, 0.1) is 18.3 Å². The zero-order valence-corrected chi connectivity index (χ0v) is 11.0. The summed E-state index contributed by atoms with van der Waals surface area (Å²) in [6, 6.07) is 15.6. The van der Waals surface area contributed by atoms with E-state index in [4.69, 9.17) is 0 Å². The third-order valence-corrected chi connectivity index (χ3v) is 2.97. The average molecular weight is 260 g/mol. The Morgan fingerprint density at radius 3 is 2.75 bits per heavy atom. The van der Waals surface area contributed by atoms with Crippen molar-refractivity contribution in [1.82, 2.24) is 15.0 Å². The third-order valence-electron chi connectivity index (χ3n) is 2.97. The second-order valence-corrected chi connectivity index (χ2v) is 4.48. The minimum atomic E-state index is 0.472. The number of aromatic nitrogens is 3. The summed E-state index contributed by atoms with van der Waals surface area (Å²) in [5.41, 5.74) is 3.91. The van der Waals surface area contributed by atoms with E-state index in [2.05, 4.69) is 21.0 Å². The predicted molar refractivity (Wildman–Crippen MR) is 78.6 cm³/mol. The van der Waals surface area contributed by atoms with Gasteiger partial charge in [0.25, 0.3) is 0 Å². The molecule has 0 unspecified atom stereocenters. The van der Waals surface area contributed by atoms with E-state index in [9.17, 15) is 5.26 Å². The molecule has 3 aromatic rings. The maximum atomic E-state index is 9.33. The van der Waals surface area contributed by atoms with E-state index < -0.39 is 0 Å². The molecule has 0 atom stereocenters. The quantitative estimate of drug-likeness (QED) is 0.719. The van der Waals surface area contributed by atoms with Crippen molar-refractivity contribution in [3.63, 3.8) is 0 Å². The number of nitrogens with one attached hydrogen (secondary N) is 1. The molecule has 2 aromatic heterocycles. The molecule has 2 heterocycles. The van der Waals surface area contributed by atoms with Crippen molar-refractivity contribution >= 4 is 22.7 Å². The van der Waals surface area contributed by atoms with Gasteiger partial charge >= 0.3 is 0 Å². The topological polar surface area (TPSA) is 65.4 Å². The van der Waals surface area contributed by atoms with E-state index in [1.807, 2.05) is 49.4 Å². The monoisotopic (exact) mass is 260 g/mol. The zero-order chi connectivity index (χ0) is 13.9. The van der Waals surface area contributed by atoms with Crippen molar-refractivity contribution in [1.29, 1.82) is 5.26 Å². The summed E-state index contributed by atoms with van der Waals surface area (Å²) < 4.78 is 0. The van der Waals surface area contributed by atoms with Crippen LogP contribution in [0.3, 0.4) is 0 Å². The number of fused-ring (bicyclic) bond motifs is 1.